The van der Waals surface area contributed by atoms with Gasteiger partial charge in [-0.15, -0.1) is 11.3 Å². The molecule has 3 aromatic rings. The summed E-state index contributed by atoms with van der Waals surface area (Å²) in [6, 6.07) is 6.86. The van der Waals surface area contributed by atoms with E-state index in [1.807, 2.05) is 26.2 Å². The number of anilines is 2. The summed E-state index contributed by atoms with van der Waals surface area (Å²) in [4.78, 5) is 34.5. The highest BCUT2D eigenvalue weighted by Gasteiger charge is 2.19. The number of nitrogens with one attached hydrogen (secondary N) is 2. The van der Waals surface area contributed by atoms with Crippen molar-refractivity contribution in [2.75, 3.05) is 10.6 Å². The van der Waals surface area contributed by atoms with E-state index in [2.05, 4.69) is 20.6 Å². The number of amides is 2. The van der Waals surface area contributed by atoms with Crippen molar-refractivity contribution in [1.29, 1.82) is 0 Å². The number of nitrogens with zero attached hydrogens (tertiary/aromatic N) is 2. The smallest absolute Gasteiger partial charge is 0.258 e. The minimum absolute atomic E-state index is 0.00961. The van der Waals surface area contributed by atoms with Crippen LogP contribution in [0, 0.1) is 12.8 Å². The standard InChI is InChI=1S/C20H21ClN4O2S2/c1-4-12(5-2)17(26)24-19-23-15(10-28-19)16-11(3)22-20(29-16)25-18(27)13-8-6-7-9-14(13)21/h6-10,12H,4-5H2,1-3H3,(H,22,25,27)(H,23,24,26). The SMILES string of the molecule is CCC(CC)C(=O)Nc1nc(-c2sc(NC(=O)c3ccccc3Cl)nc2C)cs1. The lowest BCUT2D eigenvalue weighted by Crippen LogP contribution is -2.21. The predicted molar refractivity (Wildman–Crippen MR) is 120 cm³/mol. The lowest BCUT2D eigenvalue weighted by atomic mass is 10.0. The average Bonchev–Trinajstić information content (AvgIpc) is 3.29. The quantitative estimate of drug-likeness (QED) is 0.474. The predicted octanol–water partition coefficient (Wildman–Crippen LogP) is 5.86. The second-order valence-corrected chi connectivity index (χ2v) is 8.67. The van der Waals surface area contributed by atoms with Gasteiger partial charge in [0.05, 0.1) is 26.9 Å². The number of carbonyl (C=O) groups excluding carboxylic acids is 2. The van der Waals surface area contributed by atoms with Crippen molar-refractivity contribution in [2.45, 2.75) is 33.6 Å². The molecule has 3 rings (SSSR count). The van der Waals surface area contributed by atoms with Gasteiger partial charge in [0.15, 0.2) is 10.3 Å². The molecule has 0 bridgehead atoms. The van der Waals surface area contributed by atoms with Crippen LogP contribution in [0.1, 0.15) is 42.7 Å². The molecular formula is C20H21ClN4O2S2. The van der Waals surface area contributed by atoms with Crippen LogP contribution in [0.15, 0.2) is 29.6 Å². The number of halogens is 1. The number of benzene rings is 1. The van der Waals surface area contributed by atoms with E-state index in [4.69, 9.17) is 11.6 Å². The van der Waals surface area contributed by atoms with Gasteiger partial charge in [-0.1, -0.05) is 48.9 Å². The Morgan fingerprint density at radius 2 is 1.83 bits per heavy atom. The Kier molecular flexibility index (Phi) is 7.00. The van der Waals surface area contributed by atoms with Crippen LogP contribution in [0.25, 0.3) is 10.6 Å². The minimum atomic E-state index is -0.313. The van der Waals surface area contributed by atoms with Gasteiger partial charge in [-0.3, -0.25) is 14.9 Å². The first kappa shape index (κ1) is 21.4. The highest BCUT2D eigenvalue weighted by molar-refractivity contribution is 7.20. The van der Waals surface area contributed by atoms with E-state index in [-0.39, 0.29) is 17.7 Å². The van der Waals surface area contributed by atoms with E-state index in [0.29, 0.717) is 20.8 Å². The van der Waals surface area contributed by atoms with Crippen LogP contribution in [0.5, 0.6) is 0 Å². The van der Waals surface area contributed by atoms with E-state index >= 15 is 0 Å². The highest BCUT2D eigenvalue weighted by Crippen LogP contribution is 2.35. The Labute approximate surface area is 182 Å². The van der Waals surface area contributed by atoms with Gasteiger partial charge in [0.2, 0.25) is 5.91 Å². The van der Waals surface area contributed by atoms with Crippen LogP contribution in [0.2, 0.25) is 5.02 Å². The van der Waals surface area contributed by atoms with Gasteiger partial charge >= 0.3 is 0 Å². The van der Waals surface area contributed by atoms with Crippen LogP contribution in [-0.2, 0) is 4.79 Å². The van der Waals surface area contributed by atoms with Crippen molar-refractivity contribution in [2.24, 2.45) is 5.92 Å². The summed E-state index contributed by atoms with van der Waals surface area (Å²) in [6.45, 7) is 5.86. The monoisotopic (exact) mass is 448 g/mol. The van der Waals surface area contributed by atoms with E-state index in [1.165, 1.54) is 22.7 Å². The first-order chi connectivity index (χ1) is 13.9. The van der Waals surface area contributed by atoms with Crippen molar-refractivity contribution in [3.63, 3.8) is 0 Å². The van der Waals surface area contributed by atoms with Gasteiger partial charge in [-0.25, -0.2) is 9.97 Å². The number of thiazole rings is 2. The largest absolute Gasteiger partial charge is 0.302 e. The third kappa shape index (κ3) is 5.01. The number of rotatable bonds is 7. The summed E-state index contributed by atoms with van der Waals surface area (Å²) in [7, 11) is 0. The van der Waals surface area contributed by atoms with E-state index in [9.17, 15) is 9.59 Å². The molecule has 0 saturated carbocycles. The Hall–Kier alpha value is -2.29. The maximum Gasteiger partial charge on any atom is 0.258 e. The van der Waals surface area contributed by atoms with Gasteiger partial charge < -0.3 is 5.32 Å². The number of carbonyl (C=O) groups is 2. The van der Waals surface area contributed by atoms with E-state index < -0.39 is 0 Å². The molecule has 2 N–H and O–H groups in total. The molecule has 0 atom stereocenters. The Bertz CT molecular complexity index is 1030. The number of aryl methyl sites for hydroxylation is 1. The first-order valence-electron chi connectivity index (χ1n) is 9.23. The van der Waals surface area contributed by atoms with E-state index in [0.717, 1.165) is 29.1 Å². The molecule has 0 aliphatic carbocycles. The topological polar surface area (TPSA) is 84.0 Å². The van der Waals surface area contributed by atoms with E-state index in [1.54, 1.807) is 24.3 Å². The second-order valence-electron chi connectivity index (χ2n) is 6.41. The van der Waals surface area contributed by atoms with Crippen LogP contribution in [0.4, 0.5) is 10.3 Å². The van der Waals surface area contributed by atoms with Gasteiger partial charge in [-0.2, -0.15) is 0 Å². The fourth-order valence-electron chi connectivity index (χ4n) is 2.80. The average molecular weight is 449 g/mol. The molecule has 0 spiro atoms. The molecule has 0 aliphatic heterocycles. The number of hydrogen-bond acceptors (Lipinski definition) is 6. The molecule has 0 saturated heterocycles. The van der Waals surface area contributed by atoms with Crippen molar-refractivity contribution in [1.82, 2.24) is 9.97 Å². The molecule has 29 heavy (non-hydrogen) atoms. The zero-order valence-electron chi connectivity index (χ0n) is 16.3. The maximum absolute atomic E-state index is 12.4. The molecule has 0 unspecified atom stereocenters. The normalized spacial score (nSPS) is 10.9. The Morgan fingerprint density at radius 1 is 1.10 bits per heavy atom. The van der Waals surface area contributed by atoms with Crippen LogP contribution >= 0.6 is 34.3 Å². The van der Waals surface area contributed by atoms with Crippen molar-refractivity contribution in [3.05, 3.63) is 45.9 Å². The highest BCUT2D eigenvalue weighted by atomic mass is 35.5. The molecule has 0 aliphatic rings. The molecular weight excluding hydrogens is 428 g/mol. The molecule has 1 aromatic carbocycles. The molecule has 6 nitrogen and oxygen atoms in total. The van der Waals surface area contributed by atoms with Crippen molar-refractivity contribution in [3.8, 4) is 10.6 Å². The minimum Gasteiger partial charge on any atom is -0.302 e. The third-order valence-electron chi connectivity index (χ3n) is 4.46. The van der Waals surface area contributed by atoms with Gasteiger partial charge in [0, 0.05) is 11.3 Å². The van der Waals surface area contributed by atoms with Gasteiger partial charge in [-0.05, 0) is 31.9 Å². The zero-order chi connectivity index (χ0) is 21.0. The fourth-order valence-corrected chi connectivity index (χ4v) is 4.72. The van der Waals surface area contributed by atoms with Crippen molar-refractivity contribution >= 4 is 56.4 Å². The Balaban J connectivity index is 1.74. The third-order valence-corrected chi connectivity index (χ3v) is 6.64. The lowest BCUT2D eigenvalue weighted by Gasteiger charge is -2.10. The molecule has 152 valence electrons. The number of hydrogen-bond donors (Lipinski definition) is 2. The summed E-state index contributed by atoms with van der Waals surface area (Å²) in [6.07, 6.45) is 1.59. The van der Waals surface area contributed by atoms with Crippen molar-refractivity contribution < 1.29 is 9.59 Å². The van der Waals surface area contributed by atoms with Crippen LogP contribution < -0.4 is 10.6 Å². The first-order valence-corrected chi connectivity index (χ1v) is 11.3. The molecule has 2 aromatic heterocycles. The summed E-state index contributed by atoms with van der Waals surface area (Å²) in [5.41, 5.74) is 1.87. The summed E-state index contributed by atoms with van der Waals surface area (Å²) in [5.74, 6) is -0.337. The molecule has 0 radical (unpaired) electrons. The number of aromatic nitrogens is 2. The lowest BCUT2D eigenvalue weighted by molar-refractivity contribution is -0.120. The maximum atomic E-state index is 12.4. The molecule has 2 heterocycles. The molecule has 2 amide bonds. The second kappa shape index (κ2) is 9.47. The summed E-state index contributed by atoms with van der Waals surface area (Å²) >= 11 is 8.79. The summed E-state index contributed by atoms with van der Waals surface area (Å²) < 4.78 is 0. The summed E-state index contributed by atoms with van der Waals surface area (Å²) in [5, 5.41) is 8.97. The van der Waals surface area contributed by atoms with Crippen LogP contribution in [0.3, 0.4) is 0 Å². The van der Waals surface area contributed by atoms with Gasteiger partial charge in [0.1, 0.15) is 0 Å². The Morgan fingerprint density at radius 3 is 2.52 bits per heavy atom. The van der Waals surface area contributed by atoms with Gasteiger partial charge in [0.25, 0.3) is 5.91 Å². The molecule has 9 heteroatoms. The fraction of sp³-hybridized carbons (Fsp3) is 0.300. The molecule has 0 fully saturated rings. The zero-order valence-corrected chi connectivity index (χ0v) is 18.7. The van der Waals surface area contributed by atoms with Crippen LogP contribution in [-0.4, -0.2) is 21.8 Å².